The highest BCUT2D eigenvalue weighted by Crippen LogP contribution is 2.44. The van der Waals surface area contributed by atoms with Crippen LogP contribution in [0.5, 0.6) is 0 Å². The summed E-state index contributed by atoms with van der Waals surface area (Å²) in [6.07, 6.45) is 2.42. The SMILES string of the molecule is CN1CC(C)(C#Cc2cc3c(cc2N)C(N)(c2cccc(Cl)c2F)N=CN3)CC12COC2. The molecular formula is C24H25ClFN5O. The number of halogens is 2. The lowest BCUT2D eigenvalue weighted by atomic mass is 9.81. The largest absolute Gasteiger partial charge is 0.398 e. The van der Waals surface area contributed by atoms with Crippen LogP contribution in [0.15, 0.2) is 35.3 Å². The van der Waals surface area contributed by atoms with Crippen LogP contribution in [0, 0.1) is 23.1 Å². The molecule has 2 fully saturated rings. The fourth-order valence-corrected chi connectivity index (χ4v) is 5.19. The molecule has 8 heteroatoms. The summed E-state index contributed by atoms with van der Waals surface area (Å²) in [5.74, 6) is 6.12. The number of fused-ring (bicyclic) bond motifs is 1. The van der Waals surface area contributed by atoms with E-state index in [1.165, 1.54) is 12.4 Å². The van der Waals surface area contributed by atoms with Gasteiger partial charge in [0.25, 0.3) is 0 Å². The molecule has 0 bridgehead atoms. The van der Waals surface area contributed by atoms with Crippen molar-refractivity contribution in [2.45, 2.75) is 24.5 Å². The molecule has 3 aliphatic rings. The molecule has 2 unspecified atom stereocenters. The summed E-state index contributed by atoms with van der Waals surface area (Å²) in [6, 6.07) is 8.26. The van der Waals surface area contributed by atoms with Gasteiger partial charge in [-0.15, -0.1) is 0 Å². The van der Waals surface area contributed by atoms with Crippen molar-refractivity contribution in [3.63, 3.8) is 0 Å². The van der Waals surface area contributed by atoms with Crippen LogP contribution in [0.2, 0.25) is 5.02 Å². The first-order chi connectivity index (χ1) is 15.2. The van der Waals surface area contributed by atoms with Gasteiger partial charge < -0.3 is 15.8 Å². The van der Waals surface area contributed by atoms with Crippen LogP contribution in [0.4, 0.5) is 15.8 Å². The summed E-state index contributed by atoms with van der Waals surface area (Å²) in [6.45, 7) is 4.56. The molecule has 32 heavy (non-hydrogen) atoms. The number of ether oxygens (including phenoxy) is 1. The van der Waals surface area contributed by atoms with E-state index in [9.17, 15) is 4.39 Å². The van der Waals surface area contributed by atoms with E-state index >= 15 is 0 Å². The highest BCUT2D eigenvalue weighted by Gasteiger charge is 2.53. The van der Waals surface area contributed by atoms with Gasteiger partial charge in [-0.3, -0.25) is 10.6 Å². The highest BCUT2D eigenvalue weighted by molar-refractivity contribution is 6.30. The maximum Gasteiger partial charge on any atom is 0.166 e. The highest BCUT2D eigenvalue weighted by atomic mass is 35.5. The average Bonchev–Trinajstić information content (AvgIpc) is 3.00. The van der Waals surface area contributed by atoms with E-state index in [-0.39, 0.29) is 21.5 Å². The van der Waals surface area contributed by atoms with E-state index in [0.717, 1.165) is 26.2 Å². The molecule has 2 saturated heterocycles. The lowest BCUT2D eigenvalue weighted by Gasteiger charge is -2.43. The number of likely N-dealkylation sites (tertiary alicyclic amines) is 1. The van der Waals surface area contributed by atoms with Gasteiger partial charge in [-0.25, -0.2) is 9.38 Å². The molecule has 2 atom stereocenters. The van der Waals surface area contributed by atoms with E-state index in [0.29, 0.717) is 22.5 Å². The number of rotatable bonds is 1. The predicted molar refractivity (Wildman–Crippen MR) is 125 cm³/mol. The van der Waals surface area contributed by atoms with Crippen LogP contribution >= 0.6 is 11.6 Å². The molecule has 0 radical (unpaired) electrons. The average molecular weight is 454 g/mol. The van der Waals surface area contributed by atoms with E-state index in [1.54, 1.807) is 18.2 Å². The second kappa shape index (κ2) is 7.19. The molecule has 5 rings (SSSR count). The fraction of sp³-hybridized carbons (Fsp3) is 0.375. The maximum absolute atomic E-state index is 14.8. The van der Waals surface area contributed by atoms with E-state index < -0.39 is 11.5 Å². The Morgan fingerprint density at radius 3 is 2.75 bits per heavy atom. The second-order valence-electron chi connectivity index (χ2n) is 9.32. The smallest absolute Gasteiger partial charge is 0.166 e. The van der Waals surface area contributed by atoms with Crippen molar-refractivity contribution in [3.05, 3.63) is 57.9 Å². The minimum absolute atomic E-state index is 0.0116. The first-order valence-corrected chi connectivity index (χ1v) is 10.8. The van der Waals surface area contributed by atoms with Crippen molar-refractivity contribution in [1.29, 1.82) is 0 Å². The molecule has 0 amide bonds. The van der Waals surface area contributed by atoms with Crippen molar-refractivity contribution in [2.75, 3.05) is 37.9 Å². The molecule has 2 aromatic carbocycles. The quantitative estimate of drug-likeness (QED) is 0.456. The number of hydrogen-bond donors (Lipinski definition) is 3. The van der Waals surface area contributed by atoms with Crippen molar-refractivity contribution in [3.8, 4) is 11.8 Å². The topological polar surface area (TPSA) is 88.9 Å². The van der Waals surface area contributed by atoms with Crippen molar-refractivity contribution in [1.82, 2.24) is 4.90 Å². The number of benzene rings is 2. The zero-order chi connectivity index (χ0) is 22.7. The molecule has 1 spiro atoms. The molecule has 5 N–H and O–H groups in total. The van der Waals surface area contributed by atoms with Gasteiger partial charge in [0.2, 0.25) is 0 Å². The Morgan fingerprint density at radius 2 is 2.06 bits per heavy atom. The summed E-state index contributed by atoms with van der Waals surface area (Å²) in [5.41, 5.74) is 14.0. The van der Waals surface area contributed by atoms with Crippen molar-refractivity contribution >= 4 is 29.3 Å². The Labute approximate surface area is 191 Å². The number of anilines is 2. The summed E-state index contributed by atoms with van der Waals surface area (Å²) < 4.78 is 20.3. The van der Waals surface area contributed by atoms with Gasteiger partial charge in [0.1, 0.15) is 5.82 Å². The summed E-state index contributed by atoms with van der Waals surface area (Å²) in [5, 5.41) is 3.08. The molecule has 3 heterocycles. The number of nitrogens with one attached hydrogen (secondary N) is 1. The predicted octanol–water partition coefficient (Wildman–Crippen LogP) is 3.14. The number of hydrogen-bond acceptors (Lipinski definition) is 6. The monoisotopic (exact) mass is 453 g/mol. The third-order valence-electron chi connectivity index (χ3n) is 6.81. The number of nitrogens with zero attached hydrogens (tertiary/aromatic N) is 2. The van der Waals surface area contributed by atoms with E-state index in [2.05, 4.69) is 41.0 Å². The molecule has 0 aromatic heterocycles. The molecule has 0 aliphatic carbocycles. The maximum atomic E-state index is 14.8. The molecule has 6 nitrogen and oxygen atoms in total. The lowest BCUT2D eigenvalue weighted by Crippen LogP contribution is -2.57. The molecule has 0 saturated carbocycles. The second-order valence-corrected chi connectivity index (χ2v) is 9.72. The fourth-order valence-electron chi connectivity index (χ4n) is 5.02. The summed E-state index contributed by atoms with van der Waals surface area (Å²) in [7, 11) is 2.13. The lowest BCUT2D eigenvalue weighted by molar-refractivity contribution is -0.115. The summed E-state index contributed by atoms with van der Waals surface area (Å²) >= 11 is 5.99. The Balaban J connectivity index is 1.51. The van der Waals surface area contributed by atoms with Crippen LogP contribution in [0.1, 0.15) is 30.0 Å². The Kier molecular flexibility index (Phi) is 4.77. The minimum atomic E-state index is -1.45. The van der Waals surface area contributed by atoms with Crippen LogP contribution in [0.3, 0.4) is 0 Å². The van der Waals surface area contributed by atoms with Crippen LogP contribution in [-0.4, -0.2) is 43.6 Å². The summed E-state index contributed by atoms with van der Waals surface area (Å²) in [4.78, 5) is 6.69. The van der Waals surface area contributed by atoms with Gasteiger partial charge in [-0.1, -0.05) is 35.6 Å². The standard InChI is InChI=1S/C24H25ClFN5O/c1-22(10-23(12-32-13-23)31(2)11-22)7-6-15-8-20-17(9-19(15)27)24(28,30-14-29-20)16-4-3-5-18(25)21(16)26/h3-5,8-9,14H,10-13,27-28H2,1-2H3,(H,29,30). The third-order valence-corrected chi connectivity index (χ3v) is 7.10. The molecule has 2 aromatic rings. The number of likely N-dealkylation sites (N-methyl/N-ethyl adjacent to an activating group) is 1. The minimum Gasteiger partial charge on any atom is -0.398 e. The van der Waals surface area contributed by atoms with Gasteiger partial charge in [0.05, 0.1) is 30.1 Å². The Bertz CT molecular complexity index is 1200. The Morgan fingerprint density at radius 1 is 1.28 bits per heavy atom. The Hall–Kier alpha value is -2.63. The van der Waals surface area contributed by atoms with Crippen LogP contribution in [0.25, 0.3) is 0 Å². The van der Waals surface area contributed by atoms with Gasteiger partial charge in [0, 0.05) is 40.0 Å². The molecular weight excluding hydrogens is 429 g/mol. The number of aliphatic imine (C=N–C) groups is 1. The van der Waals surface area contributed by atoms with Gasteiger partial charge in [-0.05, 0) is 38.6 Å². The first-order valence-electron chi connectivity index (χ1n) is 10.5. The van der Waals surface area contributed by atoms with Crippen molar-refractivity contribution in [2.24, 2.45) is 16.1 Å². The number of nitrogens with two attached hydrogens (primary N) is 2. The normalized spacial score (nSPS) is 27.9. The van der Waals surface area contributed by atoms with Gasteiger partial charge >= 0.3 is 0 Å². The van der Waals surface area contributed by atoms with E-state index in [1.807, 2.05) is 6.07 Å². The first kappa shape index (κ1) is 21.2. The zero-order valence-electron chi connectivity index (χ0n) is 18.0. The zero-order valence-corrected chi connectivity index (χ0v) is 18.8. The third kappa shape index (κ3) is 3.18. The van der Waals surface area contributed by atoms with Gasteiger partial charge in [0.15, 0.2) is 5.66 Å². The van der Waals surface area contributed by atoms with Gasteiger partial charge in [-0.2, -0.15) is 0 Å². The number of nitrogen functional groups attached to an aromatic ring is 1. The molecule has 166 valence electrons. The van der Waals surface area contributed by atoms with E-state index in [4.69, 9.17) is 27.8 Å². The molecule has 3 aliphatic heterocycles. The van der Waals surface area contributed by atoms with Crippen molar-refractivity contribution < 1.29 is 9.13 Å². The van der Waals surface area contributed by atoms with Crippen LogP contribution < -0.4 is 16.8 Å². The van der Waals surface area contributed by atoms with Crippen LogP contribution in [-0.2, 0) is 10.4 Å².